The van der Waals surface area contributed by atoms with Gasteiger partial charge in [0.1, 0.15) is 10.6 Å². The molecule has 20 heavy (non-hydrogen) atoms. The molecular formula is C13H19NO5S. The number of benzene rings is 1. The predicted molar refractivity (Wildman–Crippen MR) is 76.2 cm³/mol. The quantitative estimate of drug-likeness (QED) is 0.615. The first-order chi connectivity index (χ1) is 9.31. The standard InChI is InChI=1S/C13H19NO5S/c1-4-9-10(8-15)12(16)7-11(14(5-2)6-3)13(9)20(17,18)19/h7-8,16H,4-6H2,1-3H3,(H,17,18,19). The van der Waals surface area contributed by atoms with E-state index < -0.39 is 10.1 Å². The highest BCUT2D eigenvalue weighted by molar-refractivity contribution is 7.86. The summed E-state index contributed by atoms with van der Waals surface area (Å²) in [6.07, 6.45) is 0.598. The van der Waals surface area contributed by atoms with Crippen molar-refractivity contribution >= 4 is 22.1 Å². The summed E-state index contributed by atoms with van der Waals surface area (Å²) in [6, 6.07) is 1.21. The number of hydrogen-bond acceptors (Lipinski definition) is 5. The van der Waals surface area contributed by atoms with Crippen molar-refractivity contribution in [2.75, 3.05) is 18.0 Å². The summed E-state index contributed by atoms with van der Waals surface area (Å²) >= 11 is 0. The Morgan fingerprint density at radius 2 is 1.80 bits per heavy atom. The minimum absolute atomic E-state index is 0.101. The number of aldehydes is 1. The van der Waals surface area contributed by atoms with Crippen molar-refractivity contribution < 1.29 is 22.9 Å². The number of anilines is 1. The Labute approximate surface area is 118 Å². The number of nitrogens with zero attached hydrogens (tertiary/aromatic N) is 1. The molecule has 0 aliphatic carbocycles. The second-order valence-electron chi connectivity index (χ2n) is 4.25. The van der Waals surface area contributed by atoms with Crippen LogP contribution in [0, 0.1) is 0 Å². The second kappa shape index (κ2) is 6.23. The molecule has 112 valence electrons. The molecule has 0 aliphatic rings. The number of phenolic OH excluding ortho intramolecular Hbond substituents is 1. The predicted octanol–water partition coefficient (Wildman–Crippen LogP) is 1.86. The van der Waals surface area contributed by atoms with Gasteiger partial charge in [0.2, 0.25) is 0 Å². The average Bonchev–Trinajstić information content (AvgIpc) is 2.37. The van der Waals surface area contributed by atoms with Crippen molar-refractivity contribution in [3.63, 3.8) is 0 Å². The summed E-state index contributed by atoms with van der Waals surface area (Å²) in [5.74, 6) is -0.286. The first-order valence-electron chi connectivity index (χ1n) is 6.38. The van der Waals surface area contributed by atoms with Crippen LogP contribution in [-0.4, -0.2) is 37.5 Å². The number of phenols is 1. The number of hydrogen-bond donors (Lipinski definition) is 2. The molecule has 1 aromatic rings. The van der Waals surface area contributed by atoms with Gasteiger partial charge in [-0.15, -0.1) is 0 Å². The van der Waals surface area contributed by atoms with E-state index in [2.05, 4.69) is 0 Å². The van der Waals surface area contributed by atoms with Crippen molar-refractivity contribution in [1.82, 2.24) is 0 Å². The lowest BCUT2D eigenvalue weighted by molar-refractivity contribution is 0.112. The Hall–Kier alpha value is -1.60. The molecule has 1 aromatic carbocycles. The number of aromatic hydroxyl groups is 1. The van der Waals surface area contributed by atoms with E-state index in [1.165, 1.54) is 6.07 Å². The zero-order chi connectivity index (χ0) is 15.5. The molecule has 6 nitrogen and oxygen atoms in total. The third-order valence-corrected chi connectivity index (χ3v) is 4.19. The van der Waals surface area contributed by atoms with Crippen LogP contribution in [0.15, 0.2) is 11.0 Å². The van der Waals surface area contributed by atoms with Gasteiger partial charge < -0.3 is 10.0 Å². The summed E-state index contributed by atoms with van der Waals surface area (Å²) in [5, 5.41) is 9.90. The Morgan fingerprint density at radius 3 is 2.15 bits per heavy atom. The number of rotatable bonds is 6. The molecule has 2 N–H and O–H groups in total. The van der Waals surface area contributed by atoms with E-state index in [-0.39, 0.29) is 33.9 Å². The van der Waals surface area contributed by atoms with E-state index in [0.29, 0.717) is 19.4 Å². The van der Waals surface area contributed by atoms with Crippen LogP contribution in [0.5, 0.6) is 5.75 Å². The van der Waals surface area contributed by atoms with Crippen LogP contribution in [0.3, 0.4) is 0 Å². The van der Waals surface area contributed by atoms with Crippen LogP contribution in [0.1, 0.15) is 36.7 Å². The van der Waals surface area contributed by atoms with Crippen molar-refractivity contribution in [1.29, 1.82) is 0 Å². The van der Waals surface area contributed by atoms with Gasteiger partial charge in [-0.2, -0.15) is 8.42 Å². The third-order valence-electron chi connectivity index (χ3n) is 3.21. The molecular weight excluding hydrogens is 282 g/mol. The SMILES string of the molecule is CCc1c(C=O)c(O)cc(N(CC)CC)c1S(=O)(=O)O. The summed E-state index contributed by atoms with van der Waals surface area (Å²) in [5.41, 5.74) is 0.234. The first-order valence-corrected chi connectivity index (χ1v) is 7.82. The van der Waals surface area contributed by atoms with Crippen molar-refractivity contribution in [3.05, 3.63) is 17.2 Å². The molecule has 0 aliphatic heterocycles. The Morgan fingerprint density at radius 1 is 1.25 bits per heavy atom. The molecule has 0 spiro atoms. The van der Waals surface area contributed by atoms with Crippen LogP contribution in [0.4, 0.5) is 5.69 Å². The highest BCUT2D eigenvalue weighted by Crippen LogP contribution is 2.36. The van der Waals surface area contributed by atoms with Gasteiger partial charge in [0.15, 0.2) is 6.29 Å². The van der Waals surface area contributed by atoms with E-state index >= 15 is 0 Å². The van der Waals surface area contributed by atoms with Crippen LogP contribution in [-0.2, 0) is 16.5 Å². The maximum Gasteiger partial charge on any atom is 0.296 e. The second-order valence-corrected chi connectivity index (χ2v) is 5.61. The summed E-state index contributed by atoms with van der Waals surface area (Å²) in [7, 11) is -4.50. The molecule has 0 saturated heterocycles. The summed E-state index contributed by atoms with van der Waals surface area (Å²) in [4.78, 5) is 12.4. The summed E-state index contributed by atoms with van der Waals surface area (Å²) in [6.45, 7) is 6.31. The average molecular weight is 301 g/mol. The molecule has 0 atom stereocenters. The molecule has 0 saturated carbocycles. The van der Waals surface area contributed by atoms with E-state index in [4.69, 9.17) is 0 Å². The van der Waals surface area contributed by atoms with Gasteiger partial charge in [0.25, 0.3) is 10.1 Å². The minimum atomic E-state index is -4.50. The lowest BCUT2D eigenvalue weighted by atomic mass is 10.0. The Kier molecular flexibility index (Phi) is 5.13. The normalized spacial score (nSPS) is 11.4. The number of carbonyl (C=O) groups is 1. The molecule has 0 amide bonds. The molecule has 0 heterocycles. The molecule has 0 bridgehead atoms. The Balaban J connectivity index is 3.85. The van der Waals surface area contributed by atoms with E-state index in [1.807, 2.05) is 13.8 Å². The molecule has 0 unspecified atom stereocenters. The van der Waals surface area contributed by atoms with Crippen LogP contribution < -0.4 is 4.90 Å². The van der Waals surface area contributed by atoms with Gasteiger partial charge in [-0.1, -0.05) is 6.92 Å². The van der Waals surface area contributed by atoms with Gasteiger partial charge in [0.05, 0.1) is 11.3 Å². The lowest BCUT2D eigenvalue weighted by Gasteiger charge is -2.25. The Bertz CT molecular complexity index is 606. The van der Waals surface area contributed by atoms with Gasteiger partial charge in [-0.05, 0) is 25.8 Å². The van der Waals surface area contributed by atoms with Crippen molar-refractivity contribution in [2.24, 2.45) is 0 Å². The molecule has 0 fully saturated rings. The van der Waals surface area contributed by atoms with Gasteiger partial charge in [-0.25, -0.2) is 0 Å². The third kappa shape index (κ3) is 2.94. The molecule has 0 aromatic heterocycles. The monoisotopic (exact) mass is 301 g/mol. The highest BCUT2D eigenvalue weighted by atomic mass is 32.2. The van der Waals surface area contributed by atoms with E-state index in [9.17, 15) is 22.9 Å². The van der Waals surface area contributed by atoms with Crippen LogP contribution in [0.2, 0.25) is 0 Å². The van der Waals surface area contributed by atoms with Crippen molar-refractivity contribution in [3.8, 4) is 5.75 Å². The fourth-order valence-corrected chi connectivity index (χ4v) is 3.29. The van der Waals surface area contributed by atoms with Gasteiger partial charge in [0, 0.05) is 19.2 Å². The zero-order valence-electron chi connectivity index (χ0n) is 11.8. The van der Waals surface area contributed by atoms with Gasteiger partial charge >= 0.3 is 0 Å². The molecule has 1 rings (SSSR count). The smallest absolute Gasteiger partial charge is 0.296 e. The van der Waals surface area contributed by atoms with E-state index in [0.717, 1.165) is 0 Å². The maximum absolute atomic E-state index is 11.7. The zero-order valence-corrected chi connectivity index (χ0v) is 12.6. The first kappa shape index (κ1) is 16.5. The highest BCUT2D eigenvalue weighted by Gasteiger charge is 2.26. The topological polar surface area (TPSA) is 94.9 Å². The maximum atomic E-state index is 11.7. The van der Waals surface area contributed by atoms with E-state index in [1.54, 1.807) is 11.8 Å². The molecule has 7 heteroatoms. The fourth-order valence-electron chi connectivity index (χ4n) is 2.27. The van der Waals surface area contributed by atoms with Crippen molar-refractivity contribution in [2.45, 2.75) is 32.1 Å². The largest absolute Gasteiger partial charge is 0.507 e. The number of carbonyl (C=O) groups excluding carboxylic acids is 1. The fraction of sp³-hybridized carbons (Fsp3) is 0.462. The van der Waals surface area contributed by atoms with Crippen LogP contribution >= 0.6 is 0 Å². The minimum Gasteiger partial charge on any atom is -0.507 e. The van der Waals surface area contributed by atoms with Crippen LogP contribution in [0.25, 0.3) is 0 Å². The lowest BCUT2D eigenvalue weighted by Crippen LogP contribution is -2.25. The van der Waals surface area contributed by atoms with Gasteiger partial charge in [-0.3, -0.25) is 9.35 Å². The summed E-state index contributed by atoms with van der Waals surface area (Å²) < 4.78 is 32.8. The molecule has 0 radical (unpaired) electrons.